The van der Waals surface area contributed by atoms with Gasteiger partial charge in [0, 0.05) is 36.6 Å². The van der Waals surface area contributed by atoms with Crippen molar-refractivity contribution < 1.29 is 4.79 Å². The molecule has 3 nitrogen and oxygen atoms in total. The molecule has 0 spiro atoms. The molecule has 0 aromatic rings. The first-order chi connectivity index (χ1) is 6.16. The average molecular weight is 202 g/mol. The van der Waals surface area contributed by atoms with Gasteiger partial charge >= 0.3 is 0 Å². The fourth-order valence-corrected chi connectivity index (χ4v) is 2.65. The second-order valence-electron chi connectivity index (χ2n) is 3.44. The predicted octanol–water partition coefficient (Wildman–Crippen LogP) is 0.688. The average Bonchev–Trinajstić information content (AvgIpc) is 2.10. The van der Waals surface area contributed by atoms with E-state index in [9.17, 15) is 4.79 Å². The van der Waals surface area contributed by atoms with E-state index in [-0.39, 0.29) is 5.91 Å². The maximum absolute atomic E-state index is 11.6. The number of carbonyl (C=O) groups is 1. The number of rotatable bonds is 2. The van der Waals surface area contributed by atoms with E-state index in [4.69, 9.17) is 5.73 Å². The molecule has 1 amide bonds. The summed E-state index contributed by atoms with van der Waals surface area (Å²) >= 11 is 1.94. The van der Waals surface area contributed by atoms with Crippen molar-refractivity contribution in [3.63, 3.8) is 0 Å². The Bertz CT molecular complexity index is 186. The van der Waals surface area contributed by atoms with Crippen LogP contribution in [0.2, 0.25) is 0 Å². The highest BCUT2D eigenvalue weighted by Crippen LogP contribution is 2.24. The van der Waals surface area contributed by atoms with Crippen molar-refractivity contribution in [1.82, 2.24) is 4.90 Å². The van der Waals surface area contributed by atoms with Gasteiger partial charge in [0.25, 0.3) is 0 Å². The molecule has 1 heterocycles. The van der Waals surface area contributed by atoms with E-state index in [1.165, 1.54) is 0 Å². The highest BCUT2D eigenvalue weighted by Gasteiger charge is 2.27. The van der Waals surface area contributed by atoms with Gasteiger partial charge in [-0.2, -0.15) is 11.8 Å². The zero-order chi connectivity index (χ0) is 9.84. The molecule has 0 aliphatic carbocycles. The summed E-state index contributed by atoms with van der Waals surface area (Å²) in [5.41, 5.74) is 5.36. The fraction of sp³-hybridized carbons (Fsp3) is 0.889. The second kappa shape index (κ2) is 4.86. The highest BCUT2D eigenvalue weighted by molar-refractivity contribution is 8.00. The molecule has 1 saturated heterocycles. The third-order valence-electron chi connectivity index (χ3n) is 2.56. The first-order valence-corrected chi connectivity index (χ1v) is 5.83. The molecule has 0 saturated carbocycles. The molecule has 4 heteroatoms. The number of hydrogen-bond donors (Lipinski definition) is 1. The molecule has 1 aliphatic rings. The third kappa shape index (κ3) is 2.61. The van der Waals surface area contributed by atoms with E-state index in [2.05, 4.69) is 13.8 Å². The summed E-state index contributed by atoms with van der Waals surface area (Å²) in [6.07, 6.45) is 0.488. The van der Waals surface area contributed by atoms with Crippen LogP contribution in [-0.2, 0) is 4.79 Å². The molecule has 0 aromatic heterocycles. The molecule has 0 bridgehead atoms. The fourth-order valence-electron chi connectivity index (χ4n) is 1.55. The third-order valence-corrected chi connectivity index (χ3v) is 3.90. The van der Waals surface area contributed by atoms with E-state index in [0.29, 0.717) is 24.3 Å². The van der Waals surface area contributed by atoms with Crippen molar-refractivity contribution >= 4 is 17.7 Å². The molecule has 2 atom stereocenters. The Kier molecular flexibility index (Phi) is 4.06. The number of amides is 1. The molecule has 76 valence electrons. The smallest absolute Gasteiger partial charge is 0.224 e. The number of nitrogens with two attached hydrogens (primary N) is 1. The van der Waals surface area contributed by atoms with E-state index >= 15 is 0 Å². The summed E-state index contributed by atoms with van der Waals surface area (Å²) in [6.45, 7) is 5.64. The van der Waals surface area contributed by atoms with Gasteiger partial charge in [0.05, 0.1) is 0 Å². The minimum absolute atomic E-state index is 0.210. The van der Waals surface area contributed by atoms with Crippen LogP contribution in [0, 0.1) is 0 Å². The first-order valence-electron chi connectivity index (χ1n) is 4.78. The molecule has 0 aromatic carbocycles. The van der Waals surface area contributed by atoms with Crippen molar-refractivity contribution in [1.29, 1.82) is 0 Å². The van der Waals surface area contributed by atoms with Crippen LogP contribution in [0.5, 0.6) is 0 Å². The monoisotopic (exact) mass is 202 g/mol. The Hall–Kier alpha value is -0.220. The van der Waals surface area contributed by atoms with E-state index in [1.807, 2.05) is 16.7 Å². The number of carbonyl (C=O) groups excluding carboxylic acids is 1. The van der Waals surface area contributed by atoms with Crippen LogP contribution in [0.15, 0.2) is 0 Å². The normalized spacial score (nSPS) is 29.0. The van der Waals surface area contributed by atoms with Gasteiger partial charge in [-0.15, -0.1) is 0 Å². The van der Waals surface area contributed by atoms with Crippen LogP contribution in [0.3, 0.4) is 0 Å². The van der Waals surface area contributed by atoms with Crippen LogP contribution in [0.4, 0.5) is 0 Å². The van der Waals surface area contributed by atoms with E-state index < -0.39 is 0 Å². The lowest BCUT2D eigenvalue weighted by atomic mass is 10.2. The molecule has 1 rings (SSSR count). The van der Waals surface area contributed by atoms with E-state index in [1.54, 1.807) is 0 Å². The Morgan fingerprint density at radius 1 is 1.62 bits per heavy atom. The lowest BCUT2D eigenvalue weighted by Gasteiger charge is -2.37. The molecule has 0 radical (unpaired) electrons. The lowest BCUT2D eigenvalue weighted by Crippen LogP contribution is -2.48. The van der Waals surface area contributed by atoms with Crippen LogP contribution in [0.1, 0.15) is 20.3 Å². The first kappa shape index (κ1) is 10.9. The van der Waals surface area contributed by atoms with Gasteiger partial charge in [0.1, 0.15) is 0 Å². The van der Waals surface area contributed by atoms with Crippen LogP contribution < -0.4 is 5.73 Å². The summed E-state index contributed by atoms with van der Waals surface area (Å²) in [5, 5.41) is 0.551. The quantitative estimate of drug-likeness (QED) is 0.716. The molecule has 1 fully saturated rings. The van der Waals surface area contributed by atoms with Crippen molar-refractivity contribution in [2.75, 3.05) is 18.8 Å². The number of thioether (sulfide) groups is 1. The zero-order valence-electron chi connectivity index (χ0n) is 8.32. The van der Waals surface area contributed by atoms with Gasteiger partial charge in [0.2, 0.25) is 5.91 Å². The van der Waals surface area contributed by atoms with E-state index in [0.717, 1.165) is 12.3 Å². The Morgan fingerprint density at radius 3 is 2.92 bits per heavy atom. The SMILES string of the molecule is CC1SCCN(C(=O)CCN)C1C. The molecule has 1 aliphatic heterocycles. The van der Waals surface area contributed by atoms with Crippen LogP contribution in [0.25, 0.3) is 0 Å². The van der Waals surface area contributed by atoms with Crippen LogP contribution in [-0.4, -0.2) is 40.9 Å². The van der Waals surface area contributed by atoms with Gasteiger partial charge in [0.15, 0.2) is 0 Å². The van der Waals surface area contributed by atoms with Gasteiger partial charge in [-0.25, -0.2) is 0 Å². The largest absolute Gasteiger partial charge is 0.338 e. The molecule has 13 heavy (non-hydrogen) atoms. The molecular weight excluding hydrogens is 184 g/mol. The standard InChI is InChI=1S/C9H18N2OS/c1-7-8(2)13-6-5-11(7)9(12)3-4-10/h7-8H,3-6,10H2,1-2H3. The lowest BCUT2D eigenvalue weighted by molar-refractivity contribution is -0.132. The number of hydrogen-bond acceptors (Lipinski definition) is 3. The second-order valence-corrected chi connectivity index (χ2v) is 4.93. The summed E-state index contributed by atoms with van der Waals surface area (Å²) in [6, 6.07) is 0.359. The summed E-state index contributed by atoms with van der Waals surface area (Å²) < 4.78 is 0. The summed E-state index contributed by atoms with van der Waals surface area (Å²) in [4.78, 5) is 13.6. The maximum atomic E-state index is 11.6. The van der Waals surface area contributed by atoms with Crippen molar-refractivity contribution in [2.24, 2.45) is 5.73 Å². The van der Waals surface area contributed by atoms with Crippen molar-refractivity contribution in [3.05, 3.63) is 0 Å². The van der Waals surface area contributed by atoms with Gasteiger partial charge in [-0.05, 0) is 6.92 Å². The summed E-state index contributed by atoms with van der Waals surface area (Å²) in [7, 11) is 0. The molecular formula is C9H18N2OS. The Labute approximate surface area is 84.0 Å². The Balaban J connectivity index is 2.52. The highest BCUT2D eigenvalue weighted by atomic mass is 32.2. The Morgan fingerprint density at radius 2 is 2.31 bits per heavy atom. The van der Waals surface area contributed by atoms with Crippen LogP contribution >= 0.6 is 11.8 Å². The molecule has 2 unspecified atom stereocenters. The van der Waals surface area contributed by atoms with Gasteiger partial charge < -0.3 is 10.6 Å². The predicted molar refractivity (Wildman–Crippen MR) is 56.8 cm³/mol. The molecule has 2 N–H and O–H groups in total. The van der Waals surface area contributed by atoms with Crippen molar-refractivity contribution in [3.8, 4) is 0 Å². The van der Waals surface area contributed by atoms with Gasteiger partial charge in [-0.3, -0.25) is 4.79 Å². The minimum atomic E-state index is 0.210. The summed E-state index contributed by atoms with van der Waals surface area (Å²) in [5.74, 6) is 1.27. The number of nitrogens with zero attached hydrogens (tertiary/aromatic N) is 1. The van der Waals surface area contributed by atoms with Crippen molar-refractivity contribution in [2.45, 2.75) is 31.6 Å². The van der Waals surface area contributed by atoms with Gasteiger partial charge in [-0.1, -0.05) is 6.92 Å². The minimum Gasteiger partial charge on any atom is -0.338 e. The zero-order valence-corrected chi connectivity index (χ0v) is 9.14. The maximum Gasteiger partial charge on any atom is 0.224 e. The topological polar surface area (TPSA) is 46.3 Å².